The Balaban J connectivity index is 1.74. The number of carbonyl (C=O) groups excluding carboxylic acids is 1. The van der Waals surface area contributed by atoms with Gasteiger partial charge in [-0.1, -0.05) is 60.1 Å². The summed E-state index contributed by atoms with van der Waals surface area (Å²) in [6, 6.07) is 18.8. The van der Waals surface area contributed by atoms with Gasteiger partial charge in [0.1, 0.15) is 11.5 Å². The molecule has 0 aliphatic carbocycles. The SMILES string of the molecule is C=CCNc1cc(C(=O)NCCc2ccc(Cl)cc2)nc(-c2ccccc2)n1. The minimum absolute atomic E-state index is 0.241. The fourth-order valence-electron chi connectivity index (χ4n) is 2.61. The first kappa shape index (κ1) is 19.6. The van der Waals surface area contributed by atoms with E-state index in [0.29, 0.717) is 41.9 Å². The standard InChI is InChI=1S/C22H21ClN4O/c1-2-13-24-20-15-19(26-21(27-20)17-6-4-3-5-7-17)22(28)25-14-12-16-8-10-18(23)11-9-16/h2-11,15H,1,12-14H2,(H,25,28)(H,24,26,27). The van der Waals surface area contributed by atoms with Crippen LogP contribution in [0.5, 0.6) is 0 Å². The Morgan fingerprint density at radius 2 is 1.82 bits per heavy atom. The molecule has 0 aliphatic heterocycles. The summed E-state index contributed by atoms with van der Waals surface area (Å²) in [7, 11) is 0. The Morgan fingerprint density at radius 1 is 1.07 bits per heavy atom. The van der Waals surface area contributed by atoms with E-state index in [-0.39, 0.29) is 5.91 Å². The van der Waals surface area contributed by atoms with Crippen LogP contribution in [0.1, 0.15) is 16.1 Å². The van der Waals surface area contributed by atoms with E-state index in [1.165, 1.54) is 0 Å². The molecule has 3 rings (SSSR count). The summed E-state index contributed by atoms with van der Waals surface area (Å²) >= 11 is 5.90. The van der Waals surface area contributed by atoms with E-state index in [2.05, 4.69) is 27.2 Å². The van der Waals surface area contributed by atoms with E-state index in [1.54, 1.807) is 12.1 Å². The number of hydrogen-bond acceptors (Lipinski definition) is 4. The van der Waals surface area contributed by atoms with E-state index in [0.717, 1.165) is 11.1 Å². The highest BCUT2D eigenvalue weighted by molar-refractivity contribution is 6.30. The lowest BCUT2D eigenvalue weighted by atomic mass is 10.1. The van der Waals surface area contributed by atoms with Crippen LogP contribution in [0.2, 0.25) is 5.02 Å². The molecule has 5 nitrogen and oxygen atoms in total. The molecule has 0 bridgehead atoms. The van der Waals surface area contributed by atoms with Gasteiger partial charge < -0.3 is 10.6 Å². The lowest BCUT2D eigenvalue weighted by Gasteiger charge is -2.10. The molecule has 3 aromatic rings. The summed E-state index contributed by atoms with van der Waals surface area (Å²) in [5.74, 6) is 0.837. The van der Waals surface area contributed by atoms with Crippen LogP contribution in [0.3, 0.4) is 0 Å². The van der Waals surface area contributed by atoms with Crippen molar-refractivity contribution in [3.05, 3.63) is 89.6 Å². The summed E-state index contributed by atoms with van der Waals surface area (Å²) in [6.45, 7) is 4.74. The van der Waals surface area contributed by atoms with Gasteiger partial charge in [-0.3, -0.25) is 4.79 Å². The third kappa shape index (κ3) is 5.41. The Kier molecular flexibility index (Phi) is 6.76. The van der Waals surface area contributed by atoms with Crippen molar-refractivity contribution in [1.82, 2.24) is 15.3 Å². The van der Waals surface area contributed by atoms with Crippen molar-refractivity contribution in [3.63, 3.8) is 0 Å². The van der Waals surface area contributed by atoms with Crippen LogP contribution in [-0.2, 0) is 6.42 Å². The van der Waals surface area contributed by atoms with Crippen molar-refractivity contribution < 1.29 is 4.79 Å². The van der Waals surface area contributed by atoms with Gasteiger partial charge >= 0.3 is 0 Å². The molecule has 142 valence electrons. The van der Waals surface area contributed by atoms with E-state index in [1.807, 2.05) is 54.6 Å². The third-order valence-electron chi connectivity index (χ3n) is 4.03. The quantitative estimate of drug-likeness (QED) is 0.559. The molecule has 0 saturated heterocycles. The number of benzene rings is 2. The van der Waals surface area contributed by atoms with Crippen LogP contribution in [-0.4, -0.2) is 29.0 Å². The highest BCUT2D eigenvalue weighted by Gasteiger charge is 2.12. The number of nitrogens with one attached hydrogen (secondary N) is 2. The molecule has 0 atom stereocenters. The lowest BCUT2D eigenvalue weighted by molar-refractivity contribution is 0.0949. The first-order valence-electron chi connectivity index (χ1n) is 8.97. The molecular weight excluding hydrogens is 372 g/mol. The van der Waals surface area contributed by atoms with Gasteiger partial charge in [0.2, 0.25) is 0 Å². The van der Waals surface area contributed by atoms with Gasteiger partial charge in [-0.15, -0.1) is 6.58 Å². The molecule has 2 aromatic carbocycles. The van der Waals surface area contributed by atoms with Crippen LogP contribution >= 0.6 is 11.6 Å². The number of rotatable bonds is 8. The average molecular weight is 393 g/mol. The van der Waals surface area contributed by atoms with Crippen molar-refractivity contribution >= 4 is 23.3 Å². The first-order chi connectivity index (χ1) is 13.7. The molecular formula is C22H21ClN4O. The number of amides is 1. The Bertz CT molecular complexity index is 943. The minimum Gasteiger partial charge on any atom is -0.366 e. The lowest BCUT2D eigenvalue weighted by Crippen LogP contribution is -2.27. The zero-order valence-electron chi connectivity index (χ0n) is 15.4. The Hall–Kier alpha value is -3.18. The summed E-state index contributed by atoms with van der Waals surface area (Å²) in [4.78, 5) is 21.6. The van der Waals surface area contributed by atoms with E-state index >= 15 is 0 Å². The molecule has 0 saturated carbocycles. The van der Waals surface area contributed by atoms with Crippen LogP contribution < -0.4 is 10.6 Å². The monoisotopic (exact) mass is 392 g/mol. The first-order valence-corrected chi connectivity index (χ1v) is 9.35. The van der Waals surface area contributed by atoms with Gasteiger partial charge in [0, 0.05) is 29.7 Å². The molecule has 1 amide bonds. The molecule has 0 fully saturated rings. The highest BCUT2D eigenvalue weighted by Crippen LogP contribution is 2.18. The van der Waals surface area contributed by atoms with Crippen LogP contribution in [0.15, 0.2) is 73.3 Å². The fourth-order valence-corrected chi connectivity index (χ4v) is 2.74. The summed E-state index contributed by atoms with van der Waals surface area (Å²) in [5.41, 5.74) is 2.27. The average Bonchev–Trinajstić information content (AvgIpc) is 2.74. The second-order valence-electron chi connectivity index (χ2n) is 6.13. The number of nitrogens with zero attached hydrogens (tertiary/aromatic N) is 2. The smallest absolute Gasteiger partial charge is 0.270 e. The maximum absolute atomic E-state index is 12.6. The molecule has 0 spiro atoms. The fraction of sp³-hybridized carbons (Fsp3) is 0.136. The number of carbonyl (C=O) groups is 1. The predicted octanol–water partition coefficient (Wildman–Crippen LogP) is 4.37. The van der Waals surface area contributed by atoms with Crippen molar-refractivity contribution in [2.45, 2.75) is 6.42 Å². The summed E-state index contributed by atoms with van der Waals surface area (Å²) in [6.07, 6.45) is 2.44. The molecule has 6 heteroatoms. The minimum atomic E-state index is -0.241. The second-order valence-corrected chi connectivity index (χ2v) is 6.57. The zero-order valence-corrected chi connectivity index (χ0v) is 16.1. The molecule has 0 unspecified atom stereocenters. The zero-order chi connectivity index (χ0) is 19.8. The van der Waals surface area contributed by atoms with Gasteiger partial charge in [0.15, 0.2) is 5.82 Å². The number of hydrogen-bond donors (Lipinski definition) is 2. The normalized spacial score (nSPS) is 10.3. The molecule has 1 heterocycles. The van der Waals surface area contributed by atoms with Crippen molar-refractivity contribution in [3.8, 4) is 11.4 Å². The Morgan fingerprint density at radius 3 is 2.54 bits per heavy atom. The van der Waals surface area contributed by atoms with E-state index < -0.39 is 0 Å². The third-order valence-corrected chi connectivity index (χ3v) is 4.28. The highest BCUT2D eigenvalue weighted by atomic mass is 35.5. The number of anilines is 1. The predicted molar refractivity (Wildman–Crippen MR) is 114 cm³/mol. The van der Waals surface area contributed by atoms with Gasteiger partial charge in [0.05, 0.1) is 0 Å². The van der Waals surface area contributed by atoms with Gasteiger partial charge in [-0.25, -0.2) is 9.97 Å². The maximum Gasteiger partial charge on any atom is 0.270 e. The van der Waals surface area contributed by atoms with E-state index in [9.17, 15) is 4.79 Å². The largest absolute Gasteiger partial charge is 0.366 e. The summed E-state index contributed by atoms with van der Waals surface area (Å²) < 4.78 is 0. The van der Waals surface area contributed by atoms with Crippen LogP contribution in [0, 0.1) is 0 Å². The molecule has 0 aliphatic rings. The number of halogens is 1. The second kappa shape index (κ2) is 9.67. The molecule has 0 radical (unpaired) electrons. The molecule has 1 aromatic heterocycles. The van der Waals surface area contributed by atoms with Gasteiger partial charge in [-0.05, 0) is 24.1 Å². The van der Waals surface area contributed by atoms with Crippen molar-refractivity contribution in [2.75, 3.05) is 18.4 Å². The van der Waals surface area contributed by atoms with Crippen molar-refractivity contribution in [2.24, 2.45) is 0 Å². The van der Waals surface area contributed by atoms with Crippen LogP contribution in [0.4, 0.5) is 5.82 Å². The van der Waals surface area contributed by atoms with Crippen molar-refractivity contribution in [1.29, 1.82) is 0 Å². The van der Waals surface area contributed by atoms with Crippen LogP contribution in [0.25, 0.3) is 11.4 Å². The summed E-state index contributed by atoms with van der Waals surface area (Å²) in [5, 5.41) is 6.74. The molecule has 28 heavy (non-hydrogen) atoms. The topological polar surface area (TPSA) is 66.9 Å². The van der Waals surface area contributed by atoms with Gasteiger partial charge in [-0.2, -0.15) is 0 Å². The molecule has 2 N–H and O–H groups in total. The van der Waals surface area contributed by atoms with Gasteiger partial charge in [0.25, 0.3) is 5.91 Å². The number of aromatic nitrogens is 2. The Labute approximate surface area is 169 Å². The van der Waals surface area contributed by atoms with E-state index in [4.69, 9.17) is 11.6 Å². The maximum atomic E-state index is 12.6.